The van der Waals surface area contributed by atoms with Crippen LogP contribution in [0.2, 0.25) is 0 Å². The van der Waals surface area contributed by atoms with Gasteiger partial charge >= 0.3 is 5.97 Å². The molecule has 0 bridgehead atoms. The van der Waals surface area contributed by atoms with E-state index in [4.69, 9.17) is 15.6 Å². The van der Waals surface area contributed by atoms with E-state index < -0.39 is 36.6 Å². The van der Waals surface area contributed by atoms with E-state index in [0.717, 1.165) is 18.5 Å². The fourth-order valence-electron chi connectivity index (χ4n) is 3.17. The number of fused-ring (bicyclic) bond motifs is 1. The zero-order valence-corrected chi connectivity index (χ0v) is 17.0. The lowest BCUT2D eigenvalue weighted by Crippen LogP contribution is -2.33. The number of nitrogens with two attached hydrogens (primary N) is 1. The quantitative estimate of drug-likeness (QED) is 0.338. The van der Waals surface area contributed by atoms with E-state index >= 15 is 0 Å². The van der Waals surface area contributed by atoms with Crippen LogP contribution < -0.4 is 11.1 Å². The second-order valence-corrected chi connectivity index (χ2v) is 8.11. The van der Waals surface area contributed by atoms with Gasteiger partial charge in [0.05, 0.1) is 17.9 Å². The Labute approximate surface area is 172 Å². The fraction of sp³-hybridized carbons (Fsp3) is 0.611. The second-order valence-electron chi connectivity index (χ2n) is 6.96. The number of rotatable bonds is 10. The molecule has 0 amide bonds. The average molecular weight is 426 g/mol. The highest BCUT2D eigenvalue weighted by Crippen LogP contribution is 2.34. The van der Waals surface area contributed by atoms with Gasteiger partial charge in [0.1, 0.15) is 23.8 Å². The summed E-state index contributed by atoms with van der Waals surface area (Å²) in [6.45, 7) is 2.83. The summed E-state index contributed by atoms with van der Waals surface area (Å²) in [4.78, 5) is 19.5. The van der Waals surface area contributed by atoms with Gasteiger partial charge in [-0.1, -0.05) is 6.92 Å². The lowest BCUT2D eigenvalue weighted by molar-refractivity contribution is -0.138. The number of imidazole rings is 1. The Hall–Kier alpha value is -1.92. The summed E-state index contributed by atoms with van der Waals surface area (Å²) in [6, 6.07) is 0.883. The van der Waals surface area contributed by atoms with Gasteiger partial charge in [-0.25, -0.2) is 9.97 Å². The third kappa shape index (κ3) is 4.81. The zero-order valence-electron chi connectivity index (χ0n) is 16.1. The molecule has 5 atom stereocenters. The number of carboxylic acids is 1. The van der Waals surface area contributed by atoms with Crippen molar-refractivity contribution in [1.82, 2.24) is 14.5 Å². The average Bonchev–Trinajstić information content (AvgIpc) is 3.25. The van der Waals surface area contributed by atoms with E-state index in [1.807, 2.05) is 0 Å². The summed E-state index contributed by atoms with van der Waals surface area (Å²) in [5.41, 5.74) is 6.91. The van der Waals surface area contributed by atoms with E-state index in [1.54, 1.807) is 23.2 Å². The largest absolute Gasteiger partial charge is 0.480 e. The minimum absolute atomic E-state index is 0.321. The highest BCUT2D eigenvalue weighted by molar-refractivity contribution is 7.99. The van der Waals surface area contributed by atoms with Gasteiger partial charge in [-0.3, -0.25) is 4.79 Å². The van der Waals surface area contributed by atoms with Crippen LogP contribution in [0.5, 0.6) is 0 Å². The van der Waals surface area contributed by atoms with Crippen molar-refractivity contribution in [2.24, 2.45) is 5.73 Å². The number of thioether (sulfide) groups is 1. The number of carbonyl (C=O) groups is 1. The molecule has 6 N–H and O–H groups in total. The molecule has 0 saturated carbocycles. The molecule has 29 heavy (non-hydrogen) atoms. The first-order chi connectivity index (χ1) is 13.9. The highest BCUT2D eigenvalue weighted by atomic mass is 32.2. The Balaban J connectivity index is 1.66. The van der Waals surface area contributed by atoms with Crippen LogP contribution in [0.3, 0.4) is 0 Å². The van der Waals surface area contributed by atoms with Gasteiger partial charge < -0.3 is 35.7 Å². The standard InChI is InChI=1S/C18H27N5O5S/c1-2-5-20-16-13-11(3-6-21-16)23(9-22-13)17-15(25)14(24)12(28-17)8-29-7-4-10(19)18(26)27/h3,6,9-10,12,14-15,17,24-25H,2,4-5,7-8,19H2,1H3,(H,20,21)(H,26,27). The molecule has 0 aliphatic carbocycles. The number of carboxylic acid groups (broad SMARTS) is 1. The molecule has 1 aliphatic heterocycles. The summed E-state index contributed by atoms with van der Waals surface area (Å²) < 4.78 is 7.63. The Bertz CT molecular complexity index is 834. The van der Waals surface area contributed by atoms with Crippen LogP contribution in [0.25, 0.3) is 11.0 Å². The number of aromatic nitrogens is 3. The minimum Gasteiger partial charge on any atom is -0.480 e. The Morgan fingerprint density at radius 2 is 2.21 bits per heavy atom. The first-order valence-electron chi connectivity index (χ1n) is 9.57. The molecule has 1 aliphatic rings. The molecule has 160 valence electrons. The van der Waals surface area contributed by atoms with Crippen molar-refractivity contribution in [3.05, 3.63) is 18.6 Å². The van der Waals surface area contributed by atoms with E-state index in [1.165, 1.54) is 11.8 Å². The molecule has 11 heteroatoms. The number of nitrogens with one attached hydrogen (secondary N) is 1. The number of aliphatic carboxylic acids is 1. The number of hydrogen-bond donors (Lipinski definition) is 5. The van der Waals surface area contributed by atoms with Gasteiger partial charge in [-0.2, -0.15) is 11.8 Å². The van der Waals surface area contributed by atoms with Crippen LogP contribution in [0, 0.1) is 0 Å². The Morgan fingerprint density at radius 1 is 1.41 bits per heavy atom. The number of ether oxygens (including phenoxy) is 1. The number of aliphatic hydroxyl groups excluding tert-OH is 2. The third-order valence-corrected chi connectivity index (χ3v) is 5.91. The molecule has 0 spiro atoms. The Kier molecular flexibility index (Phi) is 7.30. The van der Waals surface area contributed by atoms with Gasteiger partial charge in [-0.15, -0.1) is 0 Å². The fourth-order valence-corrected chi connectivity index (χ4v) is 4.26. The van der Waals surface area contributed by atoms with Crippen LogP contribution >= 0.6 is 11.8 Å². The van der Waals surface area contributed by atoms with E-state index in [-0.39, 0.29) is 0 Å². The molecule has 0 radical (unpaired) electrons. The molecule has 5 unspecified atom stereocenters. The summed E-state index contributed by atoms with van der Waals surface area (Å²) in [7, 11) is 0. The number of pyridine rings is 1. The minimum atomic E-state index is -1.11. The van der Waals surface area contributed by atoms with E-state index in [9.17, 15) is 15.0 Å². The predicted molar refractivity (Wildman–Crippen MR) is 110 cm³/mol. The lowest BCUT2D eigenvalue weighted by Gasteiger charge is -2.17. The highest BCUT2D eigenvalue weighted by Gasteiger charge is 2.43. The first-order valence-corrected chi connectivity index (χ1v) is 10.7. The lowest BCUT2D eigenvalue weighted by atomic mass is 10.1. The summed E-state index contributed by atoms with van der Waals surface area (Å²) in [5, 5.41) is 33.0. The molecule has 10 nitrogen and oxygen atoms in total. The summed E-state index contributed by atoms with van der Waals surface area (Å²) in [5.74, 6) is 0.566. The maximum Gasteiger partial charge on any atom is 0.320 e. The van der Waals surface area contributed by atoms with Gasteiger partial charge in [0.2, 0.25) is 0 Å². The van der Waals surface area contributed by atoms with Crippen molar-refractivity contribution in [2.75, 3.05) is 23.4 Å². The summed E-state index contributed by atoms with van der Waals surface area (Å²) >= 11 is 1.43. The normalized spacial score (nSPS) is 25.4. The van der Waals surface area contributed by atoms with Gasteiger partial charge in [-0.05, 0) is 24.7 Å². The van der Waals surface area contributed by atoms with E-state index in [0.29, 0.717) is 29.3 Å². The molecular formula is C18H27N5O5S. The number of aliphatic hydroxyl groups is 2. The Morgan fingerprint density at radius 3 is 2.93 bits per heavy atom. The smallest absolute Gasteiger partial charge is 0.320 e. The monoisotopic (exact) mass is 425 g/mol. The molecule has 3 heterocycles. The van der Waals surface area contributed by atoms with Gasteiger partial charge in [0.25, 0.3) is 0 Å². The number of anilines is 1. The second kappa shape index (κ2) is 9.72. The molecule has 2 aromatic rings. The summed E-state index contributed by atoms with van der Waals surface area (Å²) in [6.07, 6.45) is 0.979. The topological polar surface area (TPSA) is 156 Å². The van der Waals surface area contributed by atoms with Gasteiger partial charge in [0.15, 0.2) is 12.0 Å². The van der Waals surface area contributed by atoms with Crippen molar-refractivity contribution in [2.45, 2.75) is 50.3 Å². The molecule has 1 fully saturated rings. The molecule has 3 rings (SSSR count). The van der Waals surface area contributed by atoms with Crippen LogP contribution in [-0.4, -0.2) is 78.2 Å². The maximum absolute atomic E-state index is 10.8. The van der Waals surface area contributed by atoms with Crippen molar-refractivity contribution >= 4 is 34.6 Å². The van der Waals surface area contributed by atoms with Crippen molar-refractivity contribution in [1.29, 1.82) is 0 Å². The van der Waals surface area contributed by atoms with Crippen LogP contribution in [0.15, 0.2) is 18.6 Å². The molecule has 1 saturated heterocycles. The van der Waals surface area contributed by atoms with Crippen molar-refractivity contribution in [3.8, 4) is 0 Å². The SMILES string of the molecule is CCCNc1nccc2c1ncn2C1OC(CSCCC(N)C(=O)O)C(O)C1O. The van der Waals surface area contributed by atoms with Gasteiger partial charge in [0, 0.05) is 18.5 Å². The van der Waals surface area contributed by atoms with Crippen LogP contribution in [0.4, 0.5) is 5.82 Å². The first kappa shape index (κ1) is 21.8. The van der Waals surface area contributed by atoms with E-state index in [2.05, 4.69) is 22.2 Å². The maximum atomic E-state index is 10.8. The number of hydrogen-bond acceptors (Lipinski definition) is 9. The molecular weight excluding hydrogens is 398 g/mol. The predicted octanol–water partition coefficient (Wildman–Crippen LogP) is 0.408. The molecule has 0 aromatic carbocycles. The van der Waals surface area contributed by atoms with Crippen LogP contribution in [-0.2, 0) is 9.53 Å². The molecule has 2 aromatic heterocycles. The number of nitrogens with zero attached hydrogens (tertiary/aromatic N) is 3. The van der Waals surface area contributed by atoms with Crippen molar-refractivity contribution in [3.63, 3.8) is 0 Å². The zero-order chi connectivity index (χ0) is 21.0. The third-order valence-electron chi connectivity index (χ3n) is 4.82. The van der Waals surface area contributed by atoms with Crippen molar-refractivity contribution < 1.29 is 24.9 Å². The van der Waals surface area contributed by atoms with Crippen LogP contribution in [0.1, 0.15) is 26.0 Å².